The summed E-state index contributed by atoms with van der Waals surface area (Å²) in [5.41, 5.74) is 0. The molecule has 1 N–H and O–H groups in total. The molecule has 0 fully saturated rings. The minimum absolute atomic E-state index is 0.695. The van der Waals surface area contributed by atoms with Crippen LogP contribution in [0.1, 0.15) is 65.7 Å². The quantitative estimate of drug-likeness (QED) is 0.525. The monoisotopic (exact) mass is 242 g/mol. The van der Waals surface area contributed by atoms with Gasteiger partial charge in [0.05, 0.1) is 0 Å². The van der Waals surface area contributed by atoms with Crippen LogP contribution in [0.4, 0.5) is 0 Å². The molecular formula is C15H34N2. The van der Waals surface area contributed by atoms with Crippen LogP contribution in [0.15, 0.2) is 0 Å². The number of nitrogens with zero attached hydrogens (tertiary/aromatic N) is 1. The first kappa shape index (κ1) is 16.9. The zero-order chi connectivity index (χ0) is 12.9. The summed E-state index contributed by atoms with van der Waals surface area (Å²) >= 11 is 0. The van der Waals surface area contributed by atoms with E-state index in [0.29, 0.717) is 6.04 Å². The lowest BCUT2D eigenvalue weighted by Gasteiger charge is -2.17. The Kier molecular flexibility index (Phi) is 12.3. The van der Waals surface area contributed by atoms with Gasteiger partial charge in [0.25, 0.3) is 0 Å². The largest absolute Gasteiger partial charge is 0.314 e. The van der Waals surface area contributed by atoms with Gasteiger partial charge in [0, 0.05) is 6.04 Å². The third-order valence-electron chi connectivity index (χ3n) is 3.31. The summed E-state index contributed by atoms with van der Waals surface area (Å²) in [4.78, 5) is 2.49. The van der Waals surface area contributed by atoms with Crippen molar-refractivity contribution < 1.29 is 0 Å². The Morgan fingerprint density at radius 1 is 0.941 bits per heavy atom. The molecule has 0 saturated carbocycles. The maximum absolute atomic E-state index is 3.55. The predicted molar refractivity (Wildman–Crippen MR) is 78.6 cm³/mol. The van der Waals surface area contributed by atoms with Gasteiger partial charge in [-0.1, -0.05) is 33.1 Å². The summed E-state index contributed by atoms with van der Waals surface area (Å²) in [6.45, 7) is 10.5. The SMILES string of the molecule is CCCCCN(C)CCCCC(C)NCCC. The van der Waals surface area contributed by atoms with Crippen molar-refractivity contribution in [2.45, 2.75) is 71.8 Å². The highest BCUT2D eigenvalue weighted by Crippen LogP contribution is 2.03. The van der Waals surface area contributed by atoms with E-state index in [1.54, 1.807) is 0 Å². The number of unbranched alkanes of at least 4 members (excludes halogenated alkanes) is 3. The van der Waals surface area contributed by atoms with Crippen molar-refractivity contribution in [1.82, 2.24) is 10.2 Å². The van der Waals surface area contributed by atoms with Crippen LogP contribution in [-0.2, 0) is 0 Å². The Balaban J connectivity index is 3.25. The van der Waals surface area contributed by atoms with Gasteiger partial charge in [-0.15, -0.1) is 0 Å². The minimum Gasteiger partial charge on any atom is -0.314 e. The molecular weight excluding hydrogens is 208 g/mol. The van der Waals surface area contributed by atoms with E-state index in [0.717, 1.165) is 6.54 Å². The standard InChI is InChI=1S/C15H34N2/c1-5-7-9-13-17(4)14-10-8-11-15(3)16-12-6-2/h15-16H,5-14H2,1-4H3. The zero-order valence-corrected chi connectivity index (χ0v) is 12.6. The molecule has 0 saturated heterocycles. The average molecular weight is 242 g/mol. The molecule has 1 atom stereocenters. The molecule has 17 heavy (non-hydrogen) atoms. The van der Waals surface area contributed by atoms with Crippen LogP contribution in [0, 0.1) is 0 Å². The van der Waals surface area contributed by atoms with Crippen molar-refractivity contribution in [2.75, 3.05) is 26.7 Å². The van der Waals surface area contributed by atoms with Crippen LogP contribution < -0.4 is 5.32 Å². The molecule has 0 heterocycles. The predicted octanol–water partition coefficient (Wildman–Crippen LogP) is 3.67. The van der Waals surface area contributed by atoms with Gasteiger partial charge in [-0.05, 0) is 59.3 Å². The van der Waals surface area contributed by atoms with Crippen LogP contribution in [0.5, 0.6) is 0 Å². The second kappa shape index (κ2) is 12.4. The van der Waals surface area contributed by atoms with Crippen molar-refractivity contribution in [2.24, 2.45) is 0 Å². The number of rotatable bonds is 12. The van der Waals surface area contributed by atoms with Gasteiger partial charge in [-0.25, -0.2) is 0 Å². The van der Waals surface area contributed by atoms with E-state index in [2.05, 4.69) is 38.0 Å². The fourth-order valence-corrected chi connectivity index (χ4v) is 2.07. The maximum Gasteiger partial charge on any atom is 0.00387 e. The first-order chi connectivity index (χ1) is 8.20. The smallest absolute Gasteiger partial charge is 0.00387 e. The van der Waals surface area contributed by atoms with Crippen LogP contribution in [-0.4, -0.2) is 37.6 Å². The van der Waals surface area contributed by atoms with Crippen molar-refractivity contribution in [3.05, 3.63) is 0 Å². The summed E-state index contributed by atoms with van der Waals surface area (Å²) in [7, 11) is 2.26. The Morgan fingerprint density at radius 2 is 1.59 bits per heavy atom. The fraction of sp³-hybridized carbons (Fsp3) is 1.00. The van der Waals surface area contributed by atoms with Crippen LogP contribution in [0.3, 0.4) is 0 Å². The highest BCUT2D eigenvalue weighted by atomic mass is 15.1. The zero-order valence-electron chi connectivity index (χ0n) is 12.6. The summed E-state index contributed by atoms with van der Waals surface area (Å²) in [6.07, 6.45) is 9.34. The molecule has 0 radical (unpaired) electrons. The lowest BCUT2D eigenvalue weighted by atomic mass is 10.1. The van der Waals surface area contributed by atoms with Crippen molar-refractivity contribution in [3.8, 4) is 0 Å². The van der Waals surface area contributed by atoms with Gasteiger partial charge < -0.3 is 10.2 Å². The van der Waals surface area contributed by atoms with E-state index in [1.165, 1.54) is 58.0 Å². The van der Waals surface area contributed by atoms with Gasteiger partial charge in [0.2, 0.25) is 0 Å². The molecule has 0 aromatic rings. The summed E-state index contributed by atoms with van der Waals surface area (Å²) < 4.78 is 0. The minimum atomic E-state index is 0.695. The molecule has 0 aromatic carbocycles. The van der Waals surface area contributed by atoms with E-state index < -0.39 is 0 Å². The summed E-state index contributed by atoms with van der Waals surface area (Å²) in [6, 6.07) is 0.695. The van der Waals surface area contributed by atoms with Gasteiger partial charge in [-0.3, -0.25) is 0 Å². The Hall–Kier alpha value is -0.0800. The summed E-state index contributed by atoms with van der Waals surface area (Å²) in [5.74, 6) is 0. The second-order valence-electron chi connectivity index (χ2n) is 5.36. The van der Waals surface area contributed by atoms with E-state index in [-0.39, 0.29) is 0 Å². The van der Waals surface area contributed by atoms with Crippen molar-refractivity contribution in [3.63, 3.8) is 0 Å². The Morgan fingerprint density at radius 3 is 2.18 bits per heavy atom. The first-order valence-corrected chi connectivity index (χ1v) is 7.62. The van der Waals surface area contributed by atoms with Crippen molar-refractivity contribution >= 4 is 0 Å². The molecule has 0 amide bonds. The molecule has 0 aromatic heterocycles. The third kappa shape index (κ3) is 12.2. The molecule has 0 spiro atoms. The molecule has 104 valence electrons. The lowest BCUT2D eigenvalue weighted by Crippen LogP contribution is -2.27. The number of hydrogen-bond donors (Lipinski definition) is 1. The molecule has 2 heteroatoms. The Bertz CT molecular complexity index is 148. The maximum atomic E-state index is 3.55. The third-order valence-corrected chi connectivity index (χ3v) is 3.31. The molecule has 1 unspecified atom stereocenters. The van der Waals surface area contributed by atoms with E-state index >= 15 is 0 Å². The molecule has 0 aliphatic heterocycles. The van der Waals surface area contributed by atoms with Gasteiger partial charge in [0.1, 0.15) is 0 Å². The number of hydrogen-bond acceptors (Lipinski definition) is 2. The molecule has 0 bridgehead atoms. The molecule has 0 aliphatic carbocycles. The van der Waals surface area contributed by atoms with Crippen LogP contribution in [0.2, 0.25) is 0 Å². The fourth-order valence-electron chi connectivity index (χ4n) is 2.07. The molecule has 0 rings (SSSR count). The highest BCUT2D eigenvalue weighted by Gasteiger charge is 2.01. The topological polar surface area (TPSA) is 15.3 Å². The van der Waals surface area contributed by atoms with Crippen LogP contribution in [0.25, 0.3) is 0 Å². The normalized spacial score (nSPS) is 13.2. The number of nitrogens with one attached hydrogen (secondary N) is 1. The second-order valence-corrected chi connectivity index (χ2v) is 5.36. The van der Waals surface area contributed by atoms with E-state index in [9.17, 15) is 0 Å². The Labute approximate surface area is 109 Å². The average Bonchev–Trinajstić information content (AvgIpc) is 2.32. The van der Waals surface area contributed by atoms with Crippen LogP contribution >= 0.6 is 0 Å². The first-order valence-electron chi connectivity index (χ1n) is 7.62. The van der Waals surface area contributed by atoms with Gasteiger partial charge in [-0.2, -0.15) is 0 Å². The molecule has 0 aliphatic rings. The van der Waals surface area contributed by atoms with E-state index in [4.69, 9.17) is 0 Å². The van der Waals surface area contributed by atoms with Gasteiger partial charge >= 0.3 is 0 Å². The van der Waals surface area contributed by atoms with E-state index in [1.807, 2.05) is 0 Å². The lowest BCUT2D eigenvalue weighted by molar-refractivity contribution is 0.313. The summed E-state index contributed by atoms with van der Waals surface area (Å²) in [5, 5.41) is 3.55. The van der Waals surface area contributed by atoms with Crippen molar-refractivity contribution in [1.29, 1.82) is 0 Å². The highest BCUT2D eigenvalue weighted by molar-refractivity contribution is 4.61. The molecule has 2 nitrogen and oxygen atoms in total. The van der Waals surface area contributed by atoms with Gasteiger partial charge in [0.15, 0.2) is 0 Å².